The third-order valence-corrected chi connectivity index (χ3v) is 5.61. The monoisotopic (exact) mass is 359 g/mol. The molecule has 0 spiro atoms. The summed E-state index contributed by atoms with van der Waals surface area (Å²) in [6, 6.07) is 9.43. The van der Waals surface area contributed by atoms with Gasteiger partial charge in [0.1, 0.15) is 6.04 Å². The summed E-state index contributed by atoms with van der Waals surface area (Å²) in [5.74, 6) is -0.503. The number of benzene rings is 1. The minimum Gasteiger partial charge on any atom is -0.462 e. The molecule has 0 saturated heterocycles. The smallest absolute Gasteiger partial charge is 0.340 e. The molecule has 1 unspecified atom stereocenters. The molecule has 3 rings (SSSR count). The number of rotatable bonds is 5. The zero-order chi connectivity index (χ0) is 17.8. The van der Waals surface area contributed by atoms with Crippen molar-refractivity contribution < 1.29 is 19.2 Å². The molecular weight excluding hydrogens is 336 g/mol. The Balaban J connectivity index is 1.67. The third-order valence-electron chi connectivity index (χ3n) is 4.62. The van der Waals surface area contributed by atoms with E-state index < -0.39 is 5.97 Å². The molecule has 1 aromatic heterocycles. The fourth-order valence-corrected chi connectivity index (χ4v) is 4.25. The lowest BCUT2D eigenvalue weighted by molar-refractivity contribution is -0.923. The van der Waals surface area contributed by atoms with E-state index in [0.717, 1.165) is 13.0 Å². The fourth-order valence-electron chi connectivity index (χ4n) is 3.27. The predicted octanol–water partition coefficient (Wildman–Crippen LogP) is 2.07. The Bertz CT molecular complexity index is 772. The standard InChI is InChI=1S/C19H22N2O3S/c1-3-24-19(23)15-6-4-5-7-16(15)20-18(22)12-21-10-8-17-14(13(21)2)9-11-25-17/h4-7,9,11,13H,3,8,10,12H2,1-2H3,(H,20,22)/p+1/t13-/m1/s1. The van der Waals surface area contributed by atoms with Crippen molar-refractivity contribution in [3.63, 3.8) is 0 Å². The zero-order valence-electron chi connectivity index (χ0n) is 14.5. The Kier molecular flexibility index (Phi) is 5.50. The zero-order valence-corrected chi connectivity index (χ0v) is 15.3. The van der Waals surface area contributed by atoms with Gasteiger partial charge in [-0.2, -0.15) is 0 Å². The molecule has 1 aromatic carbocycles. The van der Waals surface area contributed by atoms with Gasteiger partial charge in [-0.25, -0.2) is 4.79 Å². The number of hydrogen-bond acceptors (Lipinski definition) is 4. The number of fused-ring (bicyclic) bond motifs is 1. The fraction of sp³-hybridized carbons (Fsp3) is 0.368. The molecule has 2 N–H and O–H groups in total. The second-order valence-electron chi connectivity index (χ2n) is 6.17. The Hall–Kier alpha value is -2.18. The van der Waals surface area contributed by atoms with E-state index in [1.807, 2.05) is 0 Å². The van der Waals surface area contributed by atoms with Gasteiger partial charge < -0.3 is 15.0 Å². The predicted molar refractivity (Wildman–Crippen MR) is 98.2 cm³/mol. The minimum atomic E-state index is -0.417. The molecule has 0 saturated carbocycles. The second-order valence-corrected chi connectivity index (χ2v) is 7.17. The molecule has 2 aromatic rings. The van der Waals surface area contributed by atoms with Gasteiger partial charge in [-0.05, 0) is 37.4 Å². The van der Waals surface area contributed by atoms with Gasteiger partial charge in [-0.3, -0.25) is 4.79 Å². The van der Waals surface area contributed by atoms with Gasteiger partial charge in [-0.15, -0.1) is 11.3 Å². The molecule has 0 bridgehead atoms. The number of nitrogens with one attached hydrogen (secondary N) is 2. The van der Waals surface area contributed by atoms with Crippen molar-refractivity contribution in [2.45, 2.75) is 26.3 Å². The van der Waals surface area contributed by atoms with Gasteiger partial charge in [0.15, 0.2) is 6.54 Å². The van der Waals surface area contributed by atoms with Crippen LogP contribution in [-0.2, 0) is 16.0 Å². The number of ether oxygens (including phenoxy) is 1. The first-order valence-corrected chi connectivity index (χ1v) is 9.45. The van der Waals surface area contributed by atoms with Crippen molar-refractivity contribution in [3.05, 3.63) is 51.7 Å². The maximum absolute atomic E-state index is 12.5. The van der Waals surface area contributed by atoms with Crippen LogP contribution in [0.4, 0.5) is 5.69 Å². The van der Waals surface area contributed by atoms with Crippen LogP contribution in [0.25, 0.3) is 0 Å². The quantitative estimate of drug-likeness (QED) is 0.804. The van der Waals surface area contributed by atoms with Crippen LogP contribution in [0.3, 0.4) is 0 Å². The van der Waals surface area contributed by atoms with E-state index in [9.17, 15) is 9.59 Å². The van der Waals surface area contributed by atoms with E-state index in [1.165, 1.54) is 15.3 Å². The van der Waals surface area contributed by atoms with E-state index in [1.54, 1.807) is 42.5 Å². The first kappa shape index (κ1) is 17.6. The van der Waals surface area contributed by atoms with Gasteiger partial charge >= 0.3 is 5.97 Å². The summed E-state index contributed by atoms with van der Waals surface area (Å²) in [6.07, 6.45) is 1.01. The van der Waals surface area contributed by atoms with Gasteiger partial charge in [0.2, 0.25) is 0 Å². The maximum Gasteiger partial charge on any atom is 0.340 e. The van der Waals surface area contributed by atoms with Gasteiger partial charge in [0.25, 0.3) is 5.91 Å². The summed E-state index contributed by atoms with van der Waals surface area (Å²) in [4.78, 5) is 27.2. The molecular formula is C19H23N2O3S+. The normalized spacial score (nSPS) is 19.1. The molecule has 1 amide bonds. The van der Waals surface area contributed by atoms with E-state index in [2.05, 4.69) is 23.7 Å². The van der Waals surface area contributed by atoms with E-state index in [-0.39, 0.29) is 5.91 Å². The molecule has 1 aliphatic rings. The third kappa shape index (κ3) is 3.91. The Morgan fingerprint density at radius 3 is 2.92 bits per heavy atom. The Morgan fingerprint density at radius 2 is 2.12 bits per heavy atom. The summed E-state index contributed by atoms with van der Waals surface area (Å²) >= 11 is 1.80. The number of para-hydroxylation sites is 1. The second kappa shape index (κ2) is 7.80. The molecule has 2 atom stereocenters. The highest BCUT2D eigenvalue weighted by molar-refractivity contribution is 7.10. The number of anilines is 1. The van der Waals surface area contributed by atoms with Gasteiger partial charge in [-0.1, -0.05) is 12.1 Å². The highest BCUT2D eigenvalue weighted by Crippen LogP contribution is 2.24. The van der Waals surface area contributed by atoms with Crippen LogP contribution < -0.4 is 10.2 Å². The van der Waals surface area contributed by atoms with Crippen LogP contribution in [-0.4, -0.2) is 31.6 Å². The van der Waals surface area contributed by atoms with Gasteiger partial charge in [0, 0.05) is 16.9 Å². The molecule has 0 radical (unpaired) electrons. The van der Waals surface area contributed by atoms with Crippen molar-refractivity contribution in [1.82, 2.24) is 0 Å². The molecule has 2 heterocycles. The molecule has 5 nitrogen and oxygen atoms in total. The van der Waals surface area contributed by atoms with Crippen LogP contribution in [0.15, 0.2) is 35.7 Å². The lowest BCUT2D eigenvalue weighted by Gasteiger charge is -2.29. The first-order chi connectivity index (χ1) is 12.1. The van der Waals surface area contributed by atoms with Crippen LogP contribution >= 0.6 is 11.3 Å². The molecule has 132 valence electrons. The lowest BCUT2D eigenvalue weighted by Crippen LogP contribution is -3.14. The van der Waals surface area contributed by atoms with Crippen molar-refractivity contribution in [1.29, 1.82) is 0 Å². The number of amides is 1. The van der Waals surface area contributed by atoms with Crippen LogP contribution in [0.2, 0.25) is 0 Å². The molecule has 6 heteroatoms. The topological polar surface area (TPSA) is 59.8 Å². The number of carbonyl (C=O) groups is 2. The van der Waals surface area contributed by atoms with Gasteiger partial charge in [0.05, 0.1) is 24.4 Å². The van der Waals surface area contributed by atoms with Crippen molar-refractivity contribution in [2.24, 2.45) is 0 Å². The Labute approximate surface area is 151 Å². The summed E-state index contributed by atoms with van der Waals surface area (Å²) in [7, 11) is 0. The van der Waals surface area contributed by atoms with Crippen molar-refractivity contribution in [2.75, 3.05) is 25.0 Å². The summed E-state index contributed by atoms with van der Waals surface area (Å²) in [5.41, 5.74) is 2.25. The van der Waals surface area contributed by atoms with E-state index in [4.69, 9.17) is 4.74 Å². The number of thiophene rings is 1. The number of esters is 1. The summed E-state index contributed by atoms with van der Waals surface area (Å²) in [5, 5.41) is 5.00. The first-order valence-electron chi connectivity index (χ1n) is 8.57. The SMILES string of the molecule is CCOC(=O)c1ccccc1NC(=O)C[NH+]1CCc2sccc2[C@H]1C. The molecule has 1 aliphatic heterocycles. The molecule has 25 heavy (non-hydrogen) atoms. The highest BCUT2D eigenvalue weighted by atomic mass is 32.1. The van der Waals surface area contributed by atoms with Crippen molar-refractivity contribution in [3.8, 4) is 0 Å². The summed E-state index contributed by atoms with van der Waals surface area (Å²) < 4.78 is 5.05. The van der Waals surface area contributed by atoms with Crippen LogP contribution in [0.1, 0.15) is 40.7 Å². The maximum atomic E-state index is 12.5. The van der Waals surface area contributed by atoms with Crippen LogP contribution in [0.5, 0.6) is 0 Å². The number of quaternary nitrogens is 1. The number of hydrogen-bond donors (Lipinski definition) is 2. The van der Waals surface area contributed by atoms with E-state index in [0.29, 0.717) is 30.4 Å². The Morgan fingerprint density at radius 1 is 1.32 bits per heavy atom. The highest BCUT2D eigenvalue weighted by Gasteiger charge is 2.29. The molecule has 0 aliphatic carbocycles. The summed E-state index contributed by atoms with van der Waals surface area (Å²) in [6.45, 7) is 5.56. The number of carbonyl (C=O) groups excluding carboxylic acids is 2. The lowest BCUT2D eigenvalue weighted by atomic mass is 10.0. The van der Waals surface area contributed by atoms with Crippen LogP contribution in [0, 0.1) is 0 Å². The van der Waals surface area contributed by atoms with Crippen molar-refractivity contribution >= 4 is 28.9 Å². The average molecular weight is 359 g/mol. The minimum absolute atomic E-state index is 0.0859. The average Bonchev–Trinajstić information content (AvgIpc) is 3.07. The largest absolute Gasteiger partial charge is 0.462 e. The molecule has 0 fully saturated rings. The van der Waals surface area contributed by atoms with E-state index >= 15 is 0 Å².